The van der Waals surface area contributed by atoms with Crippen LogP contribution in [0.5, 0.6) is 0 Å². The smallest absolute Gasteiger partial charge is 0.282 e. The summed E-state index contributed by atoms with van der Waals surface area (Å²) in [7, 11) is -4.13. The van der Waals surface area contributed by atoms with Gasteiger partial charge in [-0.2, -0.15) is 8.42 Å². The van der Waals surface area contributed by atoms with Gasteiger partial charge in [0.1, 0.15) is 0 Å². The van der Waals surface area contributed by atoms with Crippen LogP contribution in [-0.4, -0.2) is 13.0 Å². The quantitative estimate of drug-likeness (QED) is 0.253. The predicted octanol–water partition coefficient (Wildman–Crippen LogP) is 7.12. The van der Waals surface area contributed by atoms with Gasteiger partial charge in [0.2, 0.25) is 0 Å². The first-order valence-electron chi connectivity index (χ1n) is 11.0. The Labute approximate surface area is 167 Å². The van der Waals surface area contributed by atoms with Crippen LogP contribution in [0.2, 0.25) is 0 Å². The largest absolute Gasteiger partial charge is 0.294 e. The molecule has 1 N–H and O–H groups in total. The maximum absolute atomic E-state index is 11.4. The van der Waals surface area contributed by atoms with Crippen molar-refractivity contribution in [1.82, 2.24) is 0 Å². The molecule has 0 fully saturated rings. The van der Waals surface area contributed by atoms with Crippen molar-refractivity contribution in [2.75, 3.05) is 0 Å². The van der Waals surface area contributed by atoms with Crippen molar-refractivity contribution in [3.05, 3.63) is 29.3 Å². The third kappa shape index (κ3) is 9.75. The molecule has 0 heterocycles. The maximum atomic E-state index is 11.4. The second-order valence-corrected chi connectivity index (χ2v) is 9.36. The van der Waals surface area contributed by atoms with E-state index in [1.165, 1.54) is 76.7 Å². The van der Waals surface area contributed by atoms with Crippen molar-refractivity contribution in [1.29, 1.82) is 0 Å². The van der Waals surface area contributed by atoms with E-state index < -0.39 is 10.1 Å². The lowest BCUT2D eigenvalue weighted by molar-refractivity contribution is 0.380. The third-order valence-corrected chi connectivity index (χ3v) is 6.64. The molecule has 1 atom stereocenters. The highest BCUT2D eigenvalue weighted by atomic mass is 32.2. The van der Waals surface area contributed by atoms with Crippen LogP contribution in [0.4, 0.5) is 0 Å². The predicted molar refractivity (Wildman–Crippen MR) is 115 cm³/mol. The van der Waals surface area contributed by atoms with Crippen LogP contribution in [-0.2, 0) is 16.5 Å². The normalized spacial score (nSPS) is 13.0. The molecule has 1 unspecified atom stereocenters. The molecular weight excluding hydrogens is 356 g/mol. The summed E-state index contributed by atoms with van der Waals surface area (Å²) >= 11 is 0. The van der Waals surface area contributed by atoms with Gasteiger partial charge >= 0.3 is 0 Å². The highest BCUT2D eigenvalue weighted by molar-refractivity contribution is 7.85. The molecule has 0 aliphatic carbocycles. The summed E-state index contributed by atoms with van der Waals surface area (Å²) in [6, 6.07) is 5.18. The Balaban J connectivity index is 2.37. The first-order chi connectivity index (χ1) is 12.9. The van der Waals surface area contributed by atoms with E-state index in [2.05, 4.69) is 13.8 Å². The van der Waals surface area contributed by atoms with Crippen molar-refractivity contribution in [2.24, 2.45) is 5.92 Å². The SMILES string of the molecule is CCCCCCCCC(CCC)CCCCc1cccc(S(=O)(=O)O)c1C. The number of benzene rings is 1. The fraction of sp³-hybridized carbons (Fsp3) is 0.739. The number of aryl methyl sites for hydroxylation is 1. The van der Waals surface area contributed by atoms with Crippen LogP contribution < -0.4 is 0 Å². The molecule has 1 aromatic carbocycles. The fourth-order valence-electron chi connectivity index (χ4n) is 4.01. The lowest BCUT2D eigenvalue weighted by atomic mass is 9.90. The van der Waals surface area contributed by atoms with Crippen LogP contribution in [0.15, 0.2) is 23.1 Å². The molecule has 1 rings (SSSR count). The average Bonchev–Trinajstić information content (AvgIpc) is 2.61. The zero-order valence-electron chi connectivity index (χ0n) is 17.7. The Morgan fingerprint density at radius 3 is 2.11 bits per heavy atom. The van der Waals surface area contributed by atoms with Crippen molar-refractivity contribution >= 4 is 10.1 Å². The topological polar surface area (TPSA) is 54.4 Å². The van der Waals surface area contributed by atoms with Gasteiger partial charge < -0.3 is 0 Å². The van der Waals surface area contributed by atoms with Gasteiger partial charge in [-0.1, -0.05) is 96.6 Å². The summed E-state index contributed by atoms with van der Waals surface area (Å²) in [5, 5.41) is 0. The average molecular weight is 397 g/mol. The first-order valence-corrected chi connectivity index (χ1v) is 12.4. The molecule has 1 aromatic rings. The van der Waals surface area contributed by atoms with Crippen molar-refractivity contribution in [3.63, 3.8) is 0 Å². The summed E-state index contributed by atoms with van der Waals surface area (Å²) in [5.74, 6) is 0.839. The Morgan fingerprint density at radius 1 is 0.852 bits per heavy atom. The van der Waals surface area contributed by atoms with E-state index in [4.69, 9.17) is 0 Å². The molecule has 0 radical (unpaired) electrons. The van der Waals surface area contributed by atoms with E-state index in [-0.39, 0.29) is 4.90 Å². The van der Waals surface area contributed by atoms with E-state index in [1.807, 2.05) is 6.07 Å². The summed E-state index contributed by atoms with van der Waals surface area (Å²) in [5.41, 5.74) is 1.73. The van der Waals surface area contributed by atoms with Crippen molar-refractivity contribution in [3.8, 4) is 0 Å². The summed E-state index contributed by atoms with van der Waals surface area (Å²) < 4.78 is 32.2. The minimum Gasteiger partial charge on any atom is -0.282 e. The fourth-order valence-corrected chi connectivity index (χ4v) is 4.78. The molecule has 0 saturated carbocycles. The molecule has 3 nitrogen and oxygen atoms in total. The monoisotopic (exact) mass is 396 g/mol. The van der Waals surface area contributed by atoms with Crippen LogP contribution >= 0.6 is 0 Å². The molecule has 0 aliphatic rings. The van der Waals surface area contributed by atoms with Crippen LogP contribution in [0.1, 0.15) is 102 Å². The Kier molecular flexibility index (Phi) is 11.9. The van der Waals surface area contributed by atoms with Gasteiger partial charge in [0.05, 0.1) is 4.90 Å². The highest BCUT2D eigenvalue weighted by Gasteiger charge is 2.15. The summed E-state index contributed by atoms with van der Waals surface area (Å²) in [6.45, 7) is 6.33. The van der Waals surface area contributed by atoms with Gasteiger partial charge in [0, 0.05) is 0 Å². The van der Waals surface area contributed by atoms with E-state index in [1.54, 1.807) is 13.0 Å². The Hall–Kier alpha value is -0.870. The molecule has 0 bridgehead atoms. The number of hydrogen-bond acceptors (Lipinski definition) is 2. The number of unbranched alkanes of at least 4 members (excludes halogenated alkanes) is 6. The van der Waals surface area contributed by atoms with E-state index in [9.17, 15) is 13.0 Å². The summed E-state index contributed by atoms with van der Waals surface area (Å²) in [6.07, 6.45) is 16.6. The lowest BCUT2D eigenvalue weighted by Crippen LogP contribution is -2.04. The number of hydrogen-bond donors (Lipinski definition) is 1. The zero-order valence-corrected chi connectivity index (χ0v) is 18.5. The van der Waals surface area contributed by atoms with Gasteiger partial charge in [-0.15, -0.1) is 0 Å². The molecule has 156 valence electrons. The van der Waals surface area contributed by atoms with Crippen molar-refractivity contribution < 1.29 is 13.0 Å². The highest BCUT2D eigenvalue weighted by Crippen LogP contribution is 2.24. The first kappa shape index (κ1) is 24.2. The third-order valence-electron chi connectivity index (χ3n) is 5.65. The second-order valence-electron chi connectivity index (χ2n) is 7.97. The van der Waals surface area contributed by atoms with Gasteiger partial charge in [-0.3, -0.25) is 4.55 Å². The standard InChI is InChI=1S/C23H40O3S/c1-4-6-7-8-9-10-15-21(14-5-2)16-11-12-17-22-18-13-19-23(20(22)3)27(24,25)26/h13,18-19,21H,4-12,14-17H2,1-3H3,(H,24,25,26). The van der Waals surface area contributed by atoms with Gasteiger partial charge in [0.25, 0.3) is 10.1 Å². The maximum Gasteiger partial charge on any atom is 0.294 e. The second kappa shape index (κ2) is 13.3. The van der Waals surface area contributed by atoms with E-state index >= 15 is 0 Å². The molecule has 4 heteroatoms. The minimum atomic E-state index is -4.13. The molecule has 0 aromatic heterocycles. The molecular formula is C23H40O3S. The Bertz CT molecular complexity index is 623. The van der Waals surface area contributed by atoms with E-state index in [0.717, 1.165) is 24.3 Å². The van der Waals surface area contributed by atoms with Crippen LogP contribution in [0.25, 0.3) is 0 Å². The Morgan fingerprint density at radius 2 is 1.48 bits per heavy atom. The lowest BCUT2D eigenvalue weighted by Gasteiger charge is -2.16. The van der Waals surface area contributed by atoms with Crippen LogP contribution in [0, 0.1) is 12.8 Å². The summed E-state index contributed by atoms with van der Waals surface area (Å²) in [4.78, 5) is 0.0481. The van der Waals surface area contributed by atoms with Gasteiger partial charge in [0.15, 0.2) is 0 Å². The molecule has 0 amide bonds. The molecule has 0 saturated heterocycles. The molecule has 0 aliphatic heterocycles. The number of rotatable bonds is 15. The minimum absolute atomic E-state index is 0.0481. The van der Waals surface area contributed by atoms with Crippen LogP contribution in [0.3, 0.4) is 0 Å². The molecule has 27 heavy (non-hydrogen) atoms. The molecule has 0 spiro atoms. The van der Waals surface area contributed by atoms with Gasteiger partial charge in [-0.05, 0) is 42.9 Å². The van der Waals surface area contributed by atoms with E-state index in [0.29, 0.717) is 5.56 Å². The van der Waals surface area contributed by atoms with Crippen molar-refractivity contribution in [2.45, 2.75) is 109 Å². The van der Waals surface area contributed by atoms with Gasteiger partial charge in [-0.25, -0.2) is 0 Å². The zero-order chi connectivity index (χ0) is 20.1.